The third-order valence-electron chi connectivity index (χ3n) is 2.98. The molecule has 0 aliphatic heterocycles. The Morgan fingerprint density at radius 3 is 2.43 bits per heavy atom. The molecular weight excluding hydrogens is 270 g/mol. The number of ether oxygens (including phenoxy) is 2. The average molecular weight is 287 g/mol. The highest BCUT2D eigenvalue weighted by Crippen LogP contribution is 2.26. The number of methoxy groups -OCH3 is 1. The van der Waals surface area contributed by atoms with Gasteiger partial charge in [-0.15, -0.1) is 0 Å². The molecule has 0 fully saturated rings. The number of carboxylic acids is 1. The average Bonchev–Trinajstić information content (AvgIpc) is 2.47. The van der Waals surface area contributed by atoms with E-state index in [1.54, 1.807) is 55.6 Å². The number of hydrogen-bond acceptors (Lipinski definition) is 4. The first-order valence-electron chi connectivity index (χ1n) is 6.47. The van der Waals surface area contributed by atoms with Gasteiger partial charge in [0, 0.05) is 6.04 Å². The van der Waals surface area contributed by atoms with Gasteiger partial charge in [-0.25, -0.2) is 0 Å². The van der Waals surface area contributed by atoms with Crippen LogP contribution in [-0.2, 0) is 4.79 Å². The molecule has 0 aliphatic carbocycles. The summed E-state index contributed by atoms with van der Waals surface area (Å²) >= 11 is 0. The SMILES string of the molecule is COc1ccc(Oc2cccc([C@@H](N)CC(=O)O)c2)cc1. The largest absolute Gasteiger partial charge is 0.497 e. The van der Waals surface area contributed by atoms with Crippen molar-refractivity contribution in [2.24, 2.45) is 5.73 Å². The minimum absolute atomic E-state index is 0.119. The molecule has 0 amide bonds. The first kappa shape index (κ1) is 14.9. The van der Waals surface area contributed by atoms with E-state index in [2.05, 4.69) is 0 Å². The Hall–Kier alpha value is -2.53. The van der Waals surface area contributed by atoms with Gasteiger partial charge in [0.15, 0.2) is 0 Å². The van der Waals surface area contributed by atoms with Gasteiger partial charge in [-0.2, -0.15) is 0 Å². The quantitative estimate of drug-likeness (QED) is 0.853. The van der Waals surface area contributed by atoms with E-state index in [1.807, 2.05) is 0 Å². The molecule has 5 nitrogen and oxygen atoms in total. The summed E-state index contributed by atoms with van der Waals surface area (Å²) < 4.78 is 10.8. The lowest BCUT2D eigenvalue weighted by atomic mass is 10.0. The summed E-state index contributed by atoms with van der Waals surface area (Å²) in [6.45, 7) is 0. The van der Waals surface area contributed by atoms with Crippen LogP contribution in [0.15, 0.2) is 48.5 Å². The summed E-state index contributed by atoms with van der Waals surface area (Å²) in [6, 6.07) is 13.8. The fourth-order valence-electron chi connectivity index (χ4n) is 1.89. The van der Waals surface area contributed by atoms with Crippen LogP contribution in [0.4, 0.5) is 0 Å². The van der Waals surface area contributed by atoms with E-state index in [1.165, 1.54) is 0 Å². The molecular formula is C16H17NO4. The molecule has 5 heteroatoms. The van der Waals surface area contributed by atoms with Gasteiger partial charge in [0.25, 0.3) is 0 Å². The van der Waals surface area contributed by atoms with E-state index >= 15 is 0 Å². The van der Waals surface area contributed by atoms with Gasteiger partial charge in [0.2, 0.25) is 0 Å². The number of nitrogens with two attached hydrogens (primary N) is 1. The van der Waals surface area contributed by atoms with Crippen LogP contribution in [0.25, 0.3) is 0 Å². The second-order valence-corrected chi connectivity index (χ2v) is 4.55. The van der Waals surface area contributed by atoms with E-state index in [4.69, 9.17) is 20.3 Å². The molecule has 0 spiro atoms. The molecule has 0 saturated heterocycles. The van der Waals surface area contributed by atoms with Crippen LogP contribution in [0.3, 0.4) is 0 Å². The Balaban J connectivity index is 2.11. The molecule has 21 heavy (non-hydrogen) atoms. The fraction of sp³-hybridized carbons (Fsp3) is 0.188. The zero-order valence-electron chi connectivity index (χ0n) is 11.7. The molecule has 0 unspecified atom stereocenters. The van der Waals surface area contributed by atoms with Gasteiger partial charge in [-0.1, -0.05) is 12.1 Å². The monoisotopic (exact) mass is 287 g/mol. The van der Waals surface area contributed by atoms with Crippen molar-refractivity contribution in [3.8, 4) is 17.2 Å². The molecule has 2 aromatic rings. The first-order valence-corrected chi connectivity index (χ1v) is 6.47. The number of carbonyl (C=O) groups is 1. The van der Waals surface area contributed by atoms with Gasteiger partial charge >= 0.3 is 5.97 Å². The van der Waals surface area contributed by atoms with Crippen molar-refractivity contribution in [3.05, 3.63) is 54.1 Å². The summed E-state index contributed by atoms with van der Waals surface area (Å²) in [5.41, 5.74) is 6.57. The molecule has 0 heterocycles. The number of aliphatic carboxylic acids is 1. The predicted octanol–water partition coefficient (Wildman–Crippen LogP) is 2.96. The summed E-state index contributed by atoms with van der Waals surface area (Å²) in [4.78, 5) is 10.7. The topological polar surface area (TPSA) is 81.8 Å². The van der Waals surface area contributed by atoms with E-state index < -0.39 is 12.0 Å². The molecule has 1 atom stereocenters. The highest BCUT2D eigenvalue weighted by Gasteiger charge is 2.11. The first-order chi connectivity index (χ1) is 10.1. The minimum Gasteiger partial charge on any atom is -0.497 e. The van der Waals surface area contributed by atoms with Gasteiger partial charge in [-0.3, -0.25) is 4.79 Å². The van der Waals surface area contributed by atoms with Crippen LogP contribution < -0.4 is 15.2 Å². The number of benzene rings is 2. The molecule has 110 valence electrons. The maximum absolute atomic E-state index is 10.7. The Morgan fingerprint density at radius 2 is 1.81 bits per heavy atom. The zero-order chi connectivity index (χ0) is 15.2. The highest BCUT2D eigenvalue weighted by atomic mass is 16.5. The van der Waals surface area contributed by atoms with Gasteiger partial charge < -0.3 is 20.3 Å². The molecule has 0 aromatic heterocycles. The maximum atomic E-state index is 10.7. The highest BCUT2D eigenvalue weighted by molar-refractivity contribution is 5.67. The van der Waals surface area contributed by atoms with E-state index in [9.17, 15) is 4.79 Å². The lowest BCUT2D eigenvalue weighted by Crippen LogP contribution is -2.14. The number of carboxylic acid groups (broad SMARTS) is 1. The smallest absolute Gasteiger partial charge is 0.305 e. The lowest BCUT2D eigenvalue weighted by Gasteiger charge is -2.12. The standard InChI is InChI=1S/C16H17NO4/c1-20-12-5-7-13(8-6-12)21-14-4-2-3-11(9-14)15(17)10-16(18)19/h2-9,15H,10,17H2,1H3,(H,18,19)/t15-/m0/s1. The van der Waals surface area contributed by atoms with Gasteiger partial charge in [0.1, 0.15) is 17.2 Å². The van der Waals surface area contributed by atoms with Crippen molar-refractivity contribution >= 4 is 5.97 Å². The van der Waals surface area contributed by atoms with Crippen molar-refractivity contribution in [2.45, 2.75) is 12.5 Å². The van der Waals surface area contributed by atoms with Crippen molar-refractivity contribution in [1.29, 1.82) is 0 Å². The van der Waals surface area contributed by atoms with Crippen LogP contribution in [0.5, 0.6) is 17.2 Å². The predicted molar refractivity (Wildman–Crippen MR) is 78.7 cm³/mol. The molecule has 2 rings (SSSR count). The summed E-state index contributed by atoms with van der Waals surface area (Å²) in [5.74, 6) is 1.10. The van der Waals surface area contributed by atoms with Gasteiger partial charge in [0.05, 0.1) is 13.5 Å². The molecule has 2 aromatic carbocycles. The minimum atomic E-state index is -0.927. The van der Waals surface area contributed by atoms with Crippen LogP contribution in [0.1, 0.15) is 18.0 Å². The van der Waals surface area contributed by atoms with Crippen molar-refractivity contribution in [3.63, 3.8) is 0 Å². The van der Waals surface area contributed by atoms with Crippen LogP contribution in [-0.4, -0.2) is 18.2 Å². The van der Waals surface area contributed by atoms with Gasteiger partial charge in [-0.05, 0) is 42.0 Å². The second-order valence-electron chi connectivity index (χ2n) is 4.55. The third kappa shape index (κ3) is 4.22. The van der Waals surface area contributed by atoms with Crippen molar-refractivity contribution < 1.29 is 19.4 Å². The Labute approximate surface area is 122 Å². The summed E-state index contributed by atoms with van der Waals surface area (Å²) in [5, 5.41) is 8.78. The Morgan fingerprint density at radius 1 is 1.14 bits per heavy atom. The fourth-order valence-corrected chi connectivity index (χ4v) is 1.89. The molecule has 0 saturated carbocycles. The second kappa shape index (κ2) is 6.76. The Kier molecular flexibility index (Phi) is 4.79. The third-order valence-corrected chi connectivity index (χ3v) is 2.98. The molecule has 0 radical (unpaired) electrons. The zero-order valence-corrected chi connectivity index (χ0v) is 11.7. The number of rotatable bonds is 6. The van der Waals surface area contributed by atoms with E-state index in [0.717, 1.165) is 11.3 Å². The molecule has 0 aliphatic rings. The Bertz CT molecular complexity index is 610. The number of hydrogen-bond donors (Lipinski definition) is 2. The summed E-state index contributed by atoms with van der Waals surface area (Å²) in [7, 11) is 1.60. The normalized spacial score (nSPS) is 11.7. The van der Waals surface area contributed by atoms with Crippen molar-refractivity contribution in [2.75, 3.05) is 7.11 Å². The maximum Gasteiger partial charge on any atom is 0.305 e. The van der Waals surface area contributed by atoms with Crippen LogP contribution >= 0.6 is 0 Å². The van der Waals surface area contributed by atoms with E-state index in [0.29, 0.717) is 11.5 Å². The molecule has 0 bridgehead atoms. The van der Waals surface area contributed by atoms with E-state index in [-0.39, 0.29) is 6.42 Å². The van der Waals surface area contributed by atoms with Crippen LogP contribution in [0.2, 0.25) is 0 Å². The summed E-state index contributed by atoms with van der Waals surface area (Å²) in [6.07, 6.45) is -0.119. The molecule has 3 N–H and O–H groups in total. The lowest BCUT2D eigenvalue weighted by molar-refractivity contribution is -0.137. The van der Waals surface area contributed by atoms with Crippen LogP contribution in [0, 0.1) is 0 Å². The van der Waals surface area contributed by atoms with Crippen molar-refractivity contribution in [1.82, 2.24) is 0 Å².